The van der Waals surface area contributed by atoms with E-state index in [1.807, 2.05) is 0 Å². The molecule has 1 aromatic carbocycles. The van der Waals surface area contributed by atoms with E-state index in [2.05, 4.69) is 30.0 Å². The van der Waals surface area contributed by atoms with Gasteiger partial charge in [-0.3, -0.25) is 0 Å². The predicted molar refractivity (Wildman–Crippen MR) is 65.1 cm³/mol. The lowest BCUT2D eigenvalue weighted by Crippen LogP contribution is -2.17. The van der Waals surface area contributed by atoms with E-state index in [0.29, 0.717) is 6.79 Å². The first kappa shape index (κ1) is 11.3. The molecule has 0 unspecified atom stereocenters. The van der Waals surface area contributed by atoms with Crippen LogP contribution in [0.15, 0.2) is 18.2 Å². The van der Waals surface area contributed by atoms with Crippen LogP contribution in [0.1, 0.15) is 18.4 Å². The standard InChI is InChI=1S/C13H19NO2/c1-11-5-6-12(14-7-3-4-8-14)9-13(11)16-10-15-2/h5-6,9H,3-4,7-8,10H2,1-2H3. The highest BCUT2D eigenvalue weighted by Gasteiger charge is 2.13. The minimum Gasteiger partial charge on any atom is -0.467 e. The Hall–Kier alpha value is -1.22. The van der Waals surface area contributed by atoms with Gasteiger partial charge in [-0.25, -0.2) is 0 Å². The highest BCUT2D eigenvalue weighted by atomic mass is 16.7. The van der Waals surface area contributed by atoms with Crippen LogP contribution in [0.5, 0.6) is 5.75 Å². The molecule has 3 nitrogen and oxygen atoms in total. The van der Waals surface area contributed by atoms with Crippen molar-refractivity contribution < 1.29 is 9.47 Å². The molecule has 1 heterocycles. The molecule has 1 aliphatic rings. The molecular weight excluding hydrogens is 202 g/mol. The molecule has 16 heavy (non-hydrogen) atoms. The summed E-state index contributed by atoms with van der Waals surface area (Å²) in [5.41, 5.74) is 2.41. The Morgan fingerprint density at radius 2 is 2.00 bits per heavy atom. The Kier molecular flexibility index (Phi) is 3.67. The van der Waals surface area contributed by atoms with Crippen LogP contribution in [-0.2, 0) is 4.74 Å². The maximum Gasteiger partial charge on any atom is 0.188 e. The third-order valence-electron chi connectivity index (χ3n) is 2.98. The van der Waals surface area contributed by atoms with E-state index in [-0.39, 0.29) is 0 Å². The molecule has 0 N–H and O–H groups in total. The van der Waals surface area contributed by atoms with Crippen LogP contribution in [-0.4, -0.2) is 27.0 Å². The molecule has 0 radical (unpaired) electrons. The minimum atomic E-state index is 0.310. The summed E-state index contributed by atoms with van der Waals surface area (Å²) in [6.07, 6.45) is 2.59. The van der Waals surface area contributed by atoms with E-state index < -0.39 is 0 Å². The summed E-state index contributed by atoms with van der Waals surface area (Å²) in [4.78, 5) is 2.40. The molecule has 0 atom stereocenters. The van der Waals surface area contributed by atoms with Crippen molar-refractivity contribution in [1.29, 1.82) is 0 Å². The number of nitrogens with zero attached hydrogens (tertiary/aromatic N) is 1. The number of hydrogen-bond acceptors (Lipinski definition) is 3. The first-order chi connectivity index (χ1) is 7.81. The van der Waals surface area contributed by atoms with Crippen molar-refractivity contribution in [3.63, 3.8) is 0 Å². The highest BCUT2D eigenvalue weighted by Crippen LogP contribution is 2.27. The van der Waals surface area contributed by atoms with Crippen molar-refractivity contribution in [3.8, 4) is 5.75 Å². The summed E-state index contributed by atoms with van der Waals surface area (Å²) in [5.74, 6) is 0.922. The lowest BCUT2D eigenvalue weighted by atomic mass is 10.2. The third kappa shape index (κ3) is 2.47. The van der Waals surface area contributed by atoms with E-state index in [4.69, 9.17) is 9.47 Å². The Labute approximate surface area is 97.0 Å². The maximum atomic E-state index is 5.54. The normalized spacial score (nSPS) is 15.5. The smallest absolute Gasteiger partial charge is 0.188 e. The highest BCUT2D eigenvalue weighted by molar-refractivity contribution is 5.54. The van der Waals surface area contributed by atoms with Gasteiger partial charge >= 0.3 is 0 Å². The molecule has 2 rings (SSSR count). The van der Waals surface area contributed by atoms with Gasteiger partial charge in [-0.1, -0.05) is 6.07 Å². The second-order valence-corrected chi connectivity index (χ2v) is 4.19. The molecule has 0 saturated carbocycles. The van der Waals surface area contributed by atoms with Crippen molar-refractivity contribution in [3.05, 3.63) is 23.8 Å². The zero-order chi connectivity index (χ0) is 11.4. The van der Waals surface area contributed by atoms with Gasteiger partial charge in [0.2, 0.25) is 0 Å². The lowest BCUT2D eigenvalue weighted by Gasteiger charge is -2.19. The van der Waals surface area contributed by atoms with E-state index in [0.717, 1.165) is 24.4 Å². The van der Waals surface area contributed by atoms with Gasteiger partial charge in [0.1, 0.15) is 5.75 Å². The summed E-state index contributed by atoms with van der Waals surface area (Å²) in [6.45, 7) is 4.68. The monoisotopic (exact) mass is 221 g/mol. The minimum absolute atomic E-state index is 0.310. The molecule has 1 fully saturated rings. The summed E-state index contributed by atoms with van der Waals surface area (Å²) in [7, 11) is 1.64. The molecule has 1 aliphatic heterocycles. The Morgan fingerprint density at radius 3 is 2.69 bits per heavy atom. The van der Waals surface area contributed by atoms with Crippen molar-refractivity contribution in [2.45, 2.75) is 19.8 Å². The van der Waals surface area contributed by atoms with Gasteiger partial charge in [0.15, 0.2) is 6.79 Å². The maximum absolute atomic E-state index is 5.54. The van der Waals surface area contributed by atoms with Gasteiger partial charge in [0.25, 0.3) is 0 Å². The van der Waals surface area contributed by atoms with Gasteiger partial charge in [0, 0.05) is 32.0 Å². The molecule has 1 saturated heterocycles. The zero-order valence-corrected chi connectivity index (χ0v) is 10.0. The number of aryl methyl sites for hydroxylation is 1. The molecule has 0 aromatic heterocycles. The van der Waals surface area contributed by atoms with E-state index in [1.165, 1.54) is 18.5 Å². The Balaban J connectivity index is 2.13. The molecule has 3 heteroatoms. The van der Waals surface area contributed by atoms with Crippen molar-refractivity contribution >= 4 is 5.69 Å². The number of anilines is 1. The van der Waals surface area contributed by atoms with Gasteiger partial charge in [0.05, 0.1) is 0 Å². The lowest BCUT2D eigenvalue weighted by molar-refractivity contribution is 0.0506. The van der Waals surface area contributed by atoms with E-state index in [9.17, 15) is 0 Å². The average Bonchev–Trinajstić information content (AvgIpc) is 2.81. The summed E-state index contributed by atoms with van der Waals surface area (Å²) >= 11 is 0. The quantitative estimate of drug-likeness (QED) is 0.729. The predicted octanol–water partition coefficient (Wildman–Crippen LogP) is 2.58. The topological polar surface area (TPSA) is 21.7 Å². The second kappa shape index (κ2) is 5.21. The van der Waals surface area contributed by atoms with Crippen LogP contribution in [0, 0.1) is 6.92 Å². The van der Waals surface area contributed by atoms with Crippen LogP contribution in [0.25, 0.3) is 0 Å². The van der Waals surface area contributed by atoms with Gasteiger partial charge < -0.3 is 14.4 Å². The molecule has 88 valence electrons. The van der Waals surface area contributed by atoms with Crippen molar-refractivity contribution in [2.75, 3.05) is 31.9 Å². The number of rotatable bonds is 4. The SMILES string of the molecule is COCOc1cc(N2CCCC2)ccc1C. The van der Waals surface area contributed by atoms with Crippen LogP contribution in [0.3, 0.4) is 0 Å². The first-order valence-corrected chi connectivity index (χ1v) is 5.78. The second-order valence-electron chi connectivity index (χ2n) is 4.19. The summed E-state index contributed by atoms with van der Waals surface area (Å²) in [6, 6.07) is 6.39. The largest absolute Gasteiger partial charge is 0.467 e. The summed E-state index contributed by atoms with van der Waals surface area (Å²) < 4.78 is 10.5. The van der Waals surface area contributed by atoms with Gasteiger partial charge in [-0.2, -0.15) is 0 Å². The fraction of sp³-hybridized carbons (Fsp3) is 0.538. The molecule has 0 aliphatic carbocycles. The Bertz CT molecular complexity index is 346. The van der Waals surface area contributed by atoms with Crippen LogP contribution in [0.4, 0.5) is 5.69 Å². The average molecular weight is 221 g/mol. The fourth-order valence-corrected chi connectivity index (χ4v) is 2.04. The van der Waals surface area contributed by atoms with Gasteiger partial charge in [-0.05, 0) is 31.4 Å². The number of ether oxygens (including phenoxy) is 2. The van der Waals surface area contributed by atoms with Crippen LogP contribution in [0.2, 0.25) is 0 Å². The summed E-state index contributed by atoms with van der Waals surface area (Å²) in [5, 5.41) is 0. The van der Waals surface area contributed by atoms with Crippen molar-refractivity contribution in [2.24, 2.45) is 0 Å². The molecule has 0 spiro atoms. The number of hydrogen-bond donors (Lipinski definition) is 0. The molecular formula is C13H19NO2. The van der Waals surface area contributed by atoms with Crippen molar-refractivity contribution in [1.82, 2.24) is 0 Å². The number of methoxy groups -OCH3 is 1. The molecule has 0 amide bonds. The third-order valence-corrected chi connectivity index (χ3v) is 2.98. The van der Waals surface area contributed by atoms with Crippen LogP contribution < -0.4 is 9.64 Å². The zero-order valence-electron chi connectivity index (χ0n) is 10.0. The van der Waals surface area contributed by atoms with Crippen LogP contribution >= 0.6 is 0 Å². The van der Waals surface area contributed by atoms with E-state index >= 15 is 0 Å². The molecule has 1 aromatic rings. The fourth-order valence-electron chi connectivity index (χ4n) is 2.04. The first-order valence-electron chi connectivity index (χ1n) is 5.78. The van der Waals surface area contributed by atoms with E-state index in [1.54, 1.807) is 7.11 Å². The number of benzene rings is 1. The molecule has 0 bridgehead atoms. The Morgan fingerprint density at radius 1 is 1.25 bits per heavy atom. The van der Waals surface area contributed by atoms with Gasteiger partial charge in [-0.15, -0.1) is 0 Å².